The van der Waals surface area contributed by atoms with Gasteiger partial charge >= 0.3 is 0 Å². The predicted octanol–water partition coefficient (Wildman–Crippen LogP) is 3.21. The maximum Gasteiger partial charge on any atom is 0.144 e. The molecule has 2 aromatic rings. The molecule has 0 aliphatic rings. The summed E-state index contributed by atoms with van der Waals surface area (Å²) in [5.74, 6) is 1.23. The first-order chi connectivity index (χ1) is 9.47. The number of nitrogens with two attached hydrogens (primary N) is 1. The molecule has 1 aromatic heterocycles. The minimum Gasteiger partial charge on any atom is -0.384 e. The van der Waals surface area contributed by atoms with E-state index in [0.29, 0.717) is 12.4 Å². The molecule has 2 N–H and O–H groups in total. The Kier molecular flexibility index (Phi) is 4.57. The van der Waals surface area contributed by atoms with Crippen LogP contribution in [-0.4, -0.2) is 21.9 Å². The fraction of sp³-hybridized carbons (Fsp3) is 0.333. The van der Waals surface area contributed by atoms with Gasteiger partial charge < -0.3 is 5.73 Å². The topological polar surface area (TPSA) is 55.0 Å². The molecule has 1 aromatic carbocycles. The summed E-state index contributed by atoms with van der Waals surface area (Å²) >= 11 is 6.24. The molecule has 1 atom stereocenters. The molecule has 0 amide bonds. The predicted molar refractivity (Wildman–Crippen MR) is 82.5 cm³/mol. The van der Waals surface area contributed by atoms with E-state index in [1.54, 1.807) is 6.07 Å². The van der Waals surface area contributed by atoms with Gasteiger partial charge in [0.2, 0.25) is 0 Å². The van der Waals surface area contributed by atoms with E-state index in [1.165, 1.54) is 0 Å². The molecule has 0 radical (unpaired) electrons. The van der Waals surface area contributed by atoms with Crippen LogP contribution in [0.15, 0.2) is 30.3 Å². The van der Waals surface area contributed by atoms with Crippen LogP contribution in [0, 0.1) is 6.92 Å². The number of benzene rings is 1. The highest BCUT2D eigenvalue weighted by Gasteiger charge is 2.15. The first-order valence-corrected chi connectivity index (χ1v) is 6.90. The lowest BCUT2D eigenvalue weighted by Crippen LogP contribution is -2.23. The van der Waals surface area contributed by atoms with Crippen molar-refractivity contribution in [2.75, 3.05) is 12.8 Å². The Morgan fingerprint density at radius 3 is 2.65 bits per heavy atom. The first-order valence-electron chi connectivity index (χ1n) is 6.52. The monoisotopic (exact) mass is 290 g/mol. The van der Waals surface area contributed by atoms with Gasteiger partial charge in [0.25, 0.3) is 0 Å². The summed E-state index contributed by atoms with van der Waals surface area (Å²) in [6.45, 7) is 4.65. The van der Waals surface area contributed by atoms with E-state index in [0.717, 1.165) is 22.1 Å². The molecular formula is C15H19ClN4. The van der Waals surface area contributed by atoms with Gasteiger partial charge in [-0.2, -0.15) is 0 Å². The molecule has 0 saturated carbocycles. The second-order valence-corrected chi connectivity index (χ2v) is 5.37. The smallest absolute Gasteiger partial charge is 0.144 e. The first kappa shape index (κ1) is 14.8. The lowest BCUT2D eigenvalue weighted by Gasteiger charge is -2.25. The molecule has 0 aliphatic carbocycles. The van der Waals surface area contributed by atoms with Crippen LogP contribution in [0.4, 0.5) is 5.82 Å². The Morgan fingerprint density at radius 1 is 1.30 bits per heavy atom. The Morgan fingerprint density at radius 2 is 2.00 bits per heavy atom. The molecule has 0 fully saturated rings. The highest BCUT2D eigenvalue weighted by atomic mass is 35.5. The highest BCUT2D eigenvalue weighted by molar-refractivity contribution is 6.31. The Labute approximate surface area is 124 Å². The molecule has 0 aliphatic heterocycles. The number of aromatic nitrogens is 2. The Balaban J connectivity index is 2.15. The van der Waals surface area contributed by atoms with Crippen molar-refractivity contribution in [1.29, 1.82) is 0 Å². The number of anilines is 1. The van der Waals surface area contributed by atoms with Gasteiger partial charge in [0.15, 0.2) is 0 Å². The average molecular weight is 291 g/mol. The molecule has 0 bridgehead atoms. The quantitative estimate of drug-likeness (QED) is 0.939. The van der Waals surface area contributed by atoms with Crippen molar-refractivity contribution >= 4 is 17.4 Å². The molecule has 20 heavy (non-hydrogen) atoms. The van der Waals surface area contributed by atoms with Crippen molar-refractivity contribution in [1.82, 2.24) is 14.9 Å². The standard InChI is InChI=1S/C15H19ClN4/c1-10-8-14(17)19-15(18-10)9-20(3)11(2)12-6-4-5-7-13(12)16/h4-8,11H,9H2,1-3H3,(H2,17,18,19). The van der Waals surface area contributed by atoms with Crippen LogP contribution in [0.1, 0.15) is 30.0 Å². The van der Waals surface area contributed by atoms with E-state index >= 15 is 0 Å². The van der Waals surface area contributed by atoms with Gasteiger partial charge in [-0.3, -0.25) is 4.90 Å². The van der Waals surface area contributed by atoms with Crippen molar-refractivity contribution in [3.05, 3.63) is 52.4 Å². The van der Waals surface area contributed by atoms with Gasteiger partial charge in [-0.1, -0.05) is 29.8 Å². The van der Waals surface area contributed by atoms with Crippen LogP contribution < -0.4 is 5.73 Å². The maximum atomic E-state index is 6.24. The molecule has 4 nitrogen and oxygen atoms in total. The van der Waals surface area contributed by atoms with E-state index in [-0.39, 0.29) is 6.04 Å². The highest BCUT2D eigenvalue weighted by Crippen LogP contribution is 2.26. The number of rotatable bonds is 4. The number of hydrogen-bond acceptors (Lipinski definition) is 4. The van der Waals surface area contributed by atoms with Crippen LogP contribution in [0.2, 0.25) is 5.02 Å². The molecule has 1 unspecified atom stereocenters. The van der Waals surface area contributed by atoms with Crippen LogP contribution in [-0.2, 0) is 6.54 Å². The van der Waals surface area contributed by atoms with Crippen LogP contribution in [0.5, 0.6) is 0 Å². The van der Waals surface area contributed by atoms with Crippen molar-refractivity contribution in [2.45, 2.75) is 26.4 Å². The zero-order valence-electron chi connectivity index (χ0n) is 12.0. The lowest BCUT2D eigenvalue weighted by atomic mass is 10.1. The largest absolute Gasteiger partial charge is 0.384 e. The summed E-state index contributed by atoms with van der Waals surface area (Å²) in [4.78, 5) is 10.8. The van der Waals surface area contributed by atoms with Crippen molar-refractivity contribution < 1.29 is 0 Å². The molecule has 1 heterocycles. The molecule has 2 rings (SSSR count). The van der Waals surface area contributed by atoms with Crippen molar-refractivity contribution in [3.8, 4) is 0 Å². The van der Waals surface area contributed by atoms with Crippen molar-refractivity contribution in [2.24, 2.45) is 0 Å². The van der Waals surface area contributed by atoms with Crippen LogP contribution in [0.25, 0.3) is 0 Å². The summed E-state index contributed by atoms with van der Waals surface area (Å²) in [5.41, 5.74) is 7.73. The van der Waals surface area contributed by atoms with Crippen LogP contribution >= 0.6 is 11.6 Å². The third kappa shape index (κ3) is 3.46. The van der Waals surface area contributed by atoms with Gasteiger partial charge in [0.05, 0.1) is 6.54 Å². The second kappa shape index (κ2) is 6.20. The number of nitrogens with zero attached hydrogens (tertiary/aromatic N) is 3. The molecule has 0 saturated heterocycles. The summed E-state index contributed by atoms with van der Waals surface area (Å²) in [7, 11) is 2.02. The third-order valence-corrected chi connectivity index (χ3v) is 3.67. The Bertz CT molecular complexity index is 580. The minimum absolute atomic E-state index is 0.175. The molecular weight excluding hydrogens is 272 g/mol. The molecule has 0 spiro atoms. The zero-order valence-corrected chi connectivity index (χ0v) is 12.7. The summed E-state index contributed by atoms with van der Waals surface area (Å²) < 4.78 is 0. The number of nitrogen functional groups attached to an aromatic ring is 1. The third-order valence-electron chi connectivity index (χ3n) is 3.33. The fourth-order valence-corrected chi connectivity index (χ4v) is 2.43. The second-order valence-electron chi connectivity index (χ2n) is 4.96. The number of halogens is 1. The van der Waals surface area contributed by atoms with Gasteiger partial charge in [-0.15, -0.1) is 0 Å². The number of hydrogen-bond donors (Lipinski definition) is 1. The van der Waals surface area contributed by atoms with E-state index in [1.807, 2.05) is 38.2 Å². The molecule has 106 valence electrons. The zero-order chi connectivity index (χ0) is 14.7. The van der Waals surface area contributed by atoms with E-state index in [9.17, 15) is 0 Å². The van der Waals surface area contributed by atoms with Crippen LogP contribution in [0.3, 0.4) is 0 Å². The van der Waals surface area contributed by atoms with E-state index in [4.69, 9.17) is 17.3 Å². The summed E-state index contributed by atoms with van der Waals surface area (Å²) in [6, 6.07) is 9.81. The minimum atomic E-state index is 0.175. The van der Waals surface area contributed by atoms with E-state index < -0.39 is 0 Å². The van der Waals surface area contributed by atoms with Crippen molar-refractivity contribution in [3.63, 3.8) is 0 Å². The van der Waals surface area contributed by atoms with Gasteiger partial charge in [-0.25, -0.2) is 9.97 Å². The lowest BCUT2D eigenvalue weighted by molar-refractivity contribution is 0.247. The molecule has 5 heteroatoms. The SMILES string of the molecule is Cc1cc(N)nc(CN(C)C(C)c2ccccc2Cl)n1. The normalized spacial score (nSPS) is 12.7. The Hall–Kier alpha value is -1.65. The average Bonchev–Trinajstić information content (AvgIpc) is 2.37. The summed E-state index contributed by atoms with van der Waals surface area (Å²) in [5, 5.41) is 0.775. The van der Waals surface area contributed by atoms with Gasteiger partial charge in [0, 0.05) is 22.8 Å². The summed E-state index contributed by atoms with van der Waals surface area (Å²) in [6.07, 6.45) is 0. The maximum absolute atomic E-state index is 6.24. The van der Waals surface area contributed by atoms with Gasteiger partial charge in [-0.05, 0) is 32.5 Å². The number of aryl methyl sites for hydroxylation is 1. The van der Waals surface area contributed by atoms with Gasteiger partial charge in [0.1, 0.15) is 11.6 Å². The van der Waals surface area contributed by atoms with E-state index in [2.05, 4.69) is 21.8 Å². The fourth-order valence-electron chi connectivity index (χ4n) is 2.14.